The summed E-state index contributed by atoms with van der Waals surface area (Å²) in [5.74, 6) is -0.831. The van der Waals surface area contributed by atoms with E-state index in [0.717, 1.165) is 12.1 Å². The Bertz CT molecular complexity index is 480. The molecule has 0 spiro atoms. The highest BCUT2D eigenvalue weighted by molar-refractivity contribution is 5.74. The minimum atomic E-state index is -0.831. The highest BCUT2D eigenvalue weighted by Crippen LogP contribution is 2.03. The summed E-state index contributed by atoms with van der Waals surface area (Å²) in [6.45, 7) is 2.91. The van der Waals surface area contributed by atoms with Gasteiger partial charge in [0.05, 0.1) is 18.8 Å². The number of hydrogen-bond acceptors (Lipinski definition) is 4. The number of rotatable bonds is 4. The minimum Gasteiger partial charge on any atom is -0.480 e. The number of carboxylic acid groups (broad SMARTS) is 1. The molecule has 0 radical (unpaired) electrons. The number of aliphatic carboxylic acids is 1. The molecule has 0 atom stereocenters. The Morgan fingerprint density at radius 2 is 2.10 bits per heavy atom. The molecule has 1 aliphatic heterocycles. The molecule has 1 aromatic rings. The Morgan fingerprint density at radius 3 is 2.81 bits per heavy atom. The number of amides is 2. The van der Waals surface area contributed by atoms with Gasteiger partial charge in [0.15, 0.2) is 0 Å². The van der Waals surface area contributed by atoms with Gasteiger partial charge in [-0.3, -0.25) is 14.7 Å². The first-order valence-electron chi connectivity index (χ1n) is 7.02. The first-order valence-corrected chi connectivity index (χ1v) is 7.02. The molecule has 0 aliphatic carbocycles. The van der Waals surface area contributed by atoms with Crippen LogP contribution in [-0.4, -0.2) is 64.6 Å². The zero-order valence-corrected chi connectivity index (χ0v) is 11.9. The van der Waals surface area contributed by atoms with Gasteiger partial charge in [0, 0.05) is 32.4 Å². The van der Waals surface area contributed by atoms with Gasteiger partial charge in [0.1, 0.15) is 0 Å². The van der Waals surface area contributed by atoms with E-state index in [9.17, 15) is 9.59 Å². The standard InChI is InChI=1S/C14H20N4O3/c19-13(20)11-17-6-3-7-18(9-8-17)14(21)16-10-12-4-1-2-5-15-12/h1-2,4-5H,3,6-11H2,(H,16,21)(H,19,20). The summed E-state index contributed by atoms with van der Waals surface area (Å²) in [4.78, 5) is 30.6. The minimum absolute atomic E-state index is 0.0311. The van der Waals surface area contributed by atoms with Crippen LogP contribution < -0.4 is 5.32 Å². The third-order valence-corrected chi connectivity index (χ3v) is 3.38. The van der Waals surface area contributed by atoms with Crippen LogP contribution in [0.5, 0.6) is 0 Å². The van der Waals surface area contributed by atoms with Crippen molar-refractivity contribution in [2.45, 2.75) is 13.0 Å². The molecule has 1 aromatic heterocycles. The Hall–Kier alpha value is -2.15. The van der Waals surface area contributed by atoms with E-state index in [1.54, 1.807) is 11.1 Å². The van der Waals surface area contributed by atoms with Crippen LogP contribution in [0, 0.1) is 0 Å². The van der Waals surface area contributed by atoms with Gasteiger partial charge in [-0.05, 0) is 18.6 Å². The van der Waals surface area contributed by atoms with Crippen molar-refractivity contribution in [3.8, 4) is 0 Å². The predicted molar refractivity (Wildman–Crippen MR) is 76.7 cm³/mol. The van der Waals surface area contributed by atoms with Crippen molar-refractivity contribution in [3.63, 3.8) is 0 Å². The van der Waals surface area contributed by atoms with E-state index in [-0.39, 0.29) is 12.6 Å². The van der Waals surface area contributed by atoms with Crippen LogP contribution in [0.25, 0.3) is 0 Å². The molecule has 7 nitrogen and oxygen atoms in total. The summed E-state index contributed by atoms with van der Waals surface area (Å²) in [6, 6.07) is 5.44. The molecule has 0 bridgehead atoms. The fourth-order valence-electron chi connectivity index (χ4n) is 2.30. The lowest BCUT2D eigenvalue weighted by molar-refractivity contribution is -0.138. The molecule has 2 rings (SSSR count). The van der Waals surface area contributed by atoms with Crippen LogP contribution in [0.15, 0.2) is 24.4 Å². The quantitative estimate of drug-likeness (QED) is 0.838. The van der Waals surface area contributed by atoms with E-state index < -0.39 is 5.97 Å². The highest BCUT2D eigenvalue weighted by Gasteiger charge is 2.19. The van der Waals surface area contributed by atoms with Crippen molar-refractivity contribution in [1.82, 2.24) is 20.1 Å². The Labute approximate surface area is 123 Å². The average Bonchev–Trinajstić information content (AvgIpc) is 2.71. The van der Waals surface area contributed by atoms with E-state index in [1.807, 2.05) is 23.1 Å². The van der Waals surface area contributed by atoms with Crippen LogP contribution in [0.3, 0.4) is 0 Å². The highest BCUT2D eigenvalue weighted by atomic mass is 16.4. The number of nitrogens with zero attached hydrogens (tertiary/aromatic N) is 3. The van der Waals surface area contributed by atoms with Gasteiger partial charge in [-0.2, -0.15) is 0 Å². The van der Waals surface area contributed by atoms with Gasteiger partial charge in [-0.15, -0.1) is 0 Å². The lowest BCUT2D eigenvalue weighted by Gasteiger charge is -2.21. The number of urea groups is 1. The molecule has 7 heteroatoms. The van der Waals surface area contributed by atoms with Gasteiger partial charge in [-0.25, -0.2) is 4.79 Å². The second-order valence-corrected chi connectivity index (χ2v) is 4.99. The molecular weight excluding hydrogens is 272 g/mol. The molecule has 1 fully saturated rings. The first kappa shape index (κ1) is 15.2. The zero-order chi connectivity index (χ0) is 15.1. The molecule has 1 aliphatic rings. The molecule has 2 amide bonds. The number of aromatic nitrogens is 1. The Morgan fingerprint density at radius 1 is 1.24 bits per heavy atom. The van der Waals surface area contributed by atoms with E-state index >= 15 is 0 Å². The summed E-state index contributed by atoms with van der Waals surface area (Å²) < 4.78 is 0. The molecule has 114 valence electrons. The van der Waals surface area contributed by atoms with Crippen molar-refractivity contribution < 1.29 is 14.7 Å². The predicted octanol–water partition coefficient (Wildman–Crippen LogP) is 0.384. The lowest BCUT2D eigenvalue weighted by Crippen LogP contribution is -2.42. The topological polar surface area (TPSA) is 85.8 Å². The summed E-state index contributed by atoms with van der Waals surface area (Å²) in [7, 11) is 0. The fourth-order valence-corrected chi connectivity index (χ4v) is 2.30. The zero-order valence-electron chi connectivity index (χ0n) is 11.9. The number of nitrogens with one attached hydrogen (secondary N) is 1. The van der Waals surface area contributed by atoms with Crippen LogP contribution in [0.2, 0.25) is 0 Å². The van der Waals surface area contributed by atoms with E-state index in [0.29, 0.717) is 32.7 Å². The third kappa shape index (κ3) is 5.03. The number of carbonyl (C=O) groups is 2. The van der Waals surface area contributed by atoms with Gasteiger partial charge >= 0.3 is 12.0 Å². The van der Waals surface area contributed by atoms with Crippen molar-refractivity contribution in [3.05, 3.63) is 30.1 Å². The second-order valence-electron chi connectivity index (χ2n) is 4.99. The van der Waals surface area contributed by atoms with Crippen LogP contribution in [-0.2, 0) is 11.3 Å². The molecule has 0 saturated carbocycles. The van der Waals surface area contributed by atoms with E-state index in [1.165, 1.54) is 0 Å². The maximum Gasteiger partial charge on any atom is 0.317 e. The van der Waals surface area contributed by atoms with E-state index in [4.69, 9.17) is 5.11 Å². The third-order valence-electron chi connectivity index (χ3n) is 3.38. The second kappa shape index (κ2) is 7.58. The SMILES string of the molecule is O=C(O)CN1CCCN(C(=O)NCc2ccccn2)CC1. The van der Waals surface area contributed by atoms with Crippen molar-refractivity contribution in [1.29, 1.82) is 0 Å². The van der Waals surface area contributed by atoms with Gasteiger partial charge in [0.25, 0.3) is 0 Å². The Kier molecular flexibility index (Phi) is 5.51. The number of pyridine rings is 1. The number of carbonyl (C=O) groups excluding carboxylic acids is 1. The van der Waals surface area contributed by atoms with Crippen molar-refractivity contribution in [2.24, 2.45) is 0 Å². The summed E-state index contributed by atoms with van der Waals surface area (Å²) in [5.41, 5.74) is 0.813. The Balaban J connectivity index is 1.79. The maximum atomic E-state index is 12.1. The van der Waals surface area contributed by atoms with E-state index in [2.05, 4.69) is 10.3 Å². The van der Waals surface area contributed by atoms with Gasteiger partial charge in [-0.1, -0.05) is 6.07 Å². The fraction of sp³-hybridized carbons (Fsp3) is 0.500. The molecule has 0 aromatic carbocycles. The summed E-state index contributed by atoms with van der Waals surface area (Å²) in [6.07, 6.45) is 2.47. The summed E-state index contributed by atoms with van der Waals surface area (Å²) >= 11 is 0. The monoisotopic (exact) mass is 292 g/mol. The van der Waals surface area contributed by atoms with Crippen LogP contribution in [0.4, 0.5) is 4.79 Å². The number of hydrogen-bond donors (Lipinski definition) is 2. The molecule has 21 heavy (non-hydrogen) atoms. The van der Waals surface area contributed by atoms with Crippen LogP contribution >= 0.6 is 0 Å². The molecule has 2 N–H and O–H groups in total. The average molecular weight is 292 g/mol. The van der Waals surface area contributed by atoms with Gasteiger partial charge in [0.2, 0.25) is 0 Å². The molecular formula is C14H20N4O3. The largest absolute Gasteiger partial charge is 0.480 e. The van der Waals surface area contributed by atoms with Gasteiger partial charge < -0.3 is 15.3 Å². The number of carboxylic acids is 1. The smallest absolute Gasteiger partial charge is 0.317 e. The first-order chi connectivity index (χ1) is 10.1. The molecule has 0 unspecified atom stereocenters. The molecule has 1 saturated heterocycles. The van der Waals surface area contributed by atoms with Crippen molar-refractivity contribution in [2.75, 3.05) is 32.7 Å². The molecule has 2 heterocycles. The summed E-state index contributed by atoms with van der Waals surface area (Å²) in [5, 5.41) is 11.6. The normalized spacial score (nSPS) is 16.3. The van der Waals surface area contributed by atoms with Crippen LogP contribution in [0.1, 0.15) is 12.1 Å². The lowest BCUT2D eigenvalue weighted by atomic mass is 10.3. The van der Waals surface area contributed by atoms with Crippen molar-refractivity contribution >= 4 is 12.0 Å². The maximum absolute atomic E-state index is 12.1.